The van der Waals surface area contributed by atoms with Gasteiger partial charge in [0, 0.05) is 43.0 Å². The van der Waals surface area contributed by atoms with Gasteiger partial charge < -0.3 is 30.3 Å². The molecule has 1 aliphatic carbocycles. The third-order valence-electron chi connectivity index (χ3n) is 7.59. The topological polar surface area (TPSA) is 130 Å². The zero-order valence-electron chi connectivity index (χ0n) is 22.6. The maximum Gasteiger partial charge on any atom is 0.242 e. The molecule has 2 aromatic carbocycles. The fourth-order valence-electron chi connectivity index (χ4n) is 5.51. The number of nitrogens with zero attached hydrogens (tertiary/aromatic N) is 3. The number of rotatable bonds is 9. The molecule has 0 radical (unpaired) electrons. The number of hydrogen-bond acceptors (Lipinski definition) is 10. The van der Waals surface area contributed by atoms with Crippen molar-refractivity contribution in [2.24, 2.45) is 0 Å². The molecule has 6 rings (SSSR count). The predicted molar refractivity (Wildman–Crippen MR) is 156 cm³/mol. The van der Waals surface area contributed by atoms with Gasteiger partial charge in [0.2, 0.25) is 16.0 Å². The minimum absolute atomic E-state index is 0.0222. The van der Waals surface area contributed by atoms with Crippen LogP contribution in [0.1, 0.15) is 31.2 Å². The summed E-state index contributed by atoms with van der Waals surface area (Å²) in [5.74, 6) is 2.32. The van der Waals surface area contributed by atoms with Crippen molar-refractivity contribution in [2.45, 2.75) is 43.0 Å². The van der Waals surface area contributed by atoms with E-state index in [9.17, 15) is 8.42 Å². The second-order valence-corrected chi connectivity index (χ2v) is 11.9. The SMILES string of the molecule is COc1cc(N2CCOCC2)ccc1Nc1nc2c(c(Nc3ccccc3S(=O)(=O)NC3CCCC3)n1)CCN2. The lowest BCUT2D eigenvalue weighted by molar-refractivity contribution is 0.122. The Morgan fingerprint density at radius 1 is 1.02 bits per heavy atom. The number of ether oxygens (including phenoxy) is 2. The maximum atomic E-state index is 13.3. The number of hydrogen-bond donors (Lipinski definition) is 4. The van der Waals surface area contributed by atoms with Crippen LogP contribution < -0.4 is 30.3 Å². The van der Waals surface area contributed by atoms with Crippen LogP contribution in [0.3, 0.4) is 0 Å². The second-order valence-electron chi connectivity index (χ2n) is 10.2. The molecule has 11 nitrogen and oxygen atoms in total. The molecule has 0 unspecified atom stereocenters. The lowest BCUT2D eigenvalue weighted by Gasteiger charge is -2.29. The largest absolute Gasteiger partial charge is 0.494 e. The number of fused-ring (bicyclic) bond motifs is 1. The van der Waals surface area contributed by atoms with Gasteiger partial charge in [-0.05, 0) is 43.5 Å². The van der Waals surface area contributed by atoms with Crippen molar-refractivity contribution in [1.29, 1.82) is 0 Å². The van der Waals surface area contributed by atoms with E-state index in [1.165, 1.54) is 0 Å². The van der Waals surface area contributed by atoms with Crippen LogP contribution in [0.4, 0.5) is 34.6 Å². The number of aromatic nitrogens is 2. The summed E-state index contributed by atoms with van der Waals surface area (Å²) >= 11 is 0. The van der Waals surface area contributed by atoms with Gasteiger partial charge in [0.15, 0.2) is 0 Å². The number of nitrogens with one attached hydrogen (secondary N) is 4. The first-order valence-electron chi connectivity index (χ1n) is 13.8. The van der Waals surface area contributed by atoms with Crippen molar-refractivity contribution in [3.8, 4) is 5.75 Å². The Bertz CT molecular complexity index is 1470. The molecule has 12 heteroatoms. The molecule has 3 aromatic rings. The molecular weight excluding hydrogens is 530 g/mol. The molecule has 2 fully saturated rings. The number of para-hydroxylation sites is 1. The highest BCUT2D eigenvalue weighted by molar-refractivity contribution is 7.89. The lowest BCUT2D eigenvalue weighted by atomic mass is 10.2. The molecule has 212 valence electrons. The average Bonchev–Trinajstić information content (AvgIpc) is 3.66. The lowest BCUT2D eigenvalue weighted by Crippen LogP contribution is -2.36. The number of benzene rings is 2. The van der Waals surface area contributed by atoms with E-state index in [4.69, 9.17) is 19.4 Å². The van der Waals surface area contributed by atoms with Crippen molar-refractivity contribution in [1.82, 2.24) is 14.7 Å². The number of methoxy groups -OCH3 is 1. The summed E-state index contributed by atoms with van der Waals surface area (Å²) in [4.78, 5) is 11.9. The van der Waals surface area contributed by atoms with Crippen LogP contribution in [0.5, 0.6) is 5.75 Å². The summed E-state index contributed by atoms with van der Waals surface area (Å²) in [6, 6.07) is 12.9. The standard InChI is InChI=1S/C28H35N7O4S/c1-38-24-18-20(35-14-16-39-17-15-35)10-11-22(24)31-28-32-26-21(12-13-29-26)27(33-28)30-23-8-4-5-9-25(23)40(36,37)34-19-6-2-3-7-19/h4-5,8-11,18-19,34H,2-3,6-7,12-17H2,1H3,(H3,29,30,31,32,33). The average molecular weight is 566 g/mol. The Balaban J connectivity index is 1.28. The van der Waals surface area contributed by atoms with E-state index in [0.717, 1.165) is 68.7 Å². The first-order valence-corrected chi connectivity index (χ1v) is 15.3. The third kappa shape index (κ3) is 5.65. The van der Waals surface area contributed by atoms with Gasteiger partial charge in [-0.3, -0.25) is 0 Å². The molecular formula is C28H35N7O4S. The molecule has 1 saturated carbocycles. The van der Waals surface area contributed by atoms with E-state index >= 15 is 0 Å². The van der Waals surface area contributed by atoms with Crippen molar-refractivity contribution in [3.63, 3.8) is 0 Å². The monoisotopic (exact) mass is 565 g/mol. The van der Waals surface area contributed by atoms with E-state index in [0.29, 0.717) is 42.2 Å². The summed E-state index contributed by atoms with van der Waals surface area (Å²) in [6.07, 6.45) is 4.55. The van der Waals surface area contributed by atoms with E-state index in [1.54, 1.807) is 25.3 Å². The number of morpholine rings is 1. The molecule has 0 bridgehead atoms. The van der Waals surface area contributed by atoms with Crippen LogP contribution in [-0.2, 0) is 21.2 Å². The van der Waals surface area contributed by atoms with Gasteiger partial charge in [0.25, 0.3) is 0 Å². The molecule has 0 spiro atoms. The quantitative estimate of drug-likeness (QED) is 0.302. The van der Waals surface area contributed by atoms with Gasteiger partial charge in [-0.25, -0.2) is 13.1 Å². The molecule has 40 heavy (non-hydrogen) atoms. The minimum Gasteiger partial charge on any atom is -0.494 e. The van der Waals surface area contributed by atoms with E-state index in [2.05, 4.69) is 25.6 Å². The Morgan fingerprint density at radius 2 is 1.82 bits per heavy atom. The third-order valence-corrected chi connectivity index (χ3v) is 9.17. The number of anilines is 6. The van der Waals surface area contributed by atoms with Crippen molar-refractivity contribution < 1.29 is 17.9 Å². The van der Waals surface area contributed by atoms with Crippen LogP contribution in [0, 0.1) is 0 Å². The fourth-order valence-corrected chi connectivity index (χ4v) is 6.98. The zero-order chi connectivity index (χ0) is 27.5. The highest BCUT2D eigenvalue weighted by Gasteiger charge is 2.26. The first-order chi connectivity index (χ1) is 19.5. The summed E-state index contributed by atoms with van der Waals surface area (Å²) in [5, 5.41) is 9.93. The Kier molecular flexibility index (Phi) is 7.63. The Labute approximate surface area is 234 Å². The van der Waals surface area contributed by atoms with Gasteiger partial charge in [0.1, 0.15) is 22.3 Å². The smallest absolute Gasteiger partial charge is 0.242 e. The van der Waals surface area contributed by atoms with E-state index in [-0.39, 0.29) is 10.9 Å². The molecule has 3 aliphatic rings. The van der Waals surface area contributed by atoms with Crippen LogP contribution in [0.25, 0.3) is 0 Å². The normalized spacial score (nSPS) is 17.4. The second kappa shape index (κ2) is 11.5. The van der Waals surface area contributed by atoms with Crippen LogP contribution in [-0.4, -0.2) is 64.4 Å². The maximum absolute atomic E-state index is 13.3. The van der Waals surface area contributed by atoms with E-state index < -0.39 is 10.0 Å². The molecule has 0 atom stereocenters. The van der Waals surface area contributed by atoms with Crippen LogP contribution in [0.15, 0.2) is 47.4 Å². The van der Waals surface area contributed by atoms with Crippen molar-refractivity contribution in [2.75, 3.05) is 60.8 Å². The highest BCUT2D eigenvalue weighted by atomic mass is 32.2. The molecule has 4 N–H and O–H groups in total. The minimum atomic E-state index is -3.71. The van der Waals surface area contributed by atoms with Crippen molar-refractivity contribution in [3.05, 3.63) is 48.0 Å². The van der Waals surface area contributed by atoms with Crippen LogP contribution >= 0.6 is 0 Å². The van der Waals surface area contributed by atoms with Crippen LogP contribution in [0.2, 0.25) is 0 Å². The summed E-state index contributed by atoms with van der Waals surface area (Å²) in [5.41, 5.74) is 3.18. The first kappa shape index (κ1) is 26.6. The van der Waals surface area contributed by atoms with Gasteiger partial charge in [-0.2, -0.15) is 9.97 Å². The van der Waals surface area contributed by atoms with Gasteiger partial charge in [-0.15, -0.1) is 0 Å². The summed E-state index contributed by atoms with van der Waals surface area (Å²) in [7, 11) is -2.07. The zero-order valence-corrected chi connectivity index (χ0v) is 23.4. The highest BCUT2D eigenvalue weighted by Crippen LogP contribution is 2.36. The summed E-state index contributed by atoms with van der Waals surface area (Å²) in [6.45, 7) is 3.79. The Hall–Kier alpha value is -3.61. The van der Waals surface area contributed by atoms with Gasteiger partial charge in [-0.1, -0.05) is 25.0 Å². The van der Waals surface area contributed by atoms with Gasteiger partial charge >= 0.3 is 0 Å². The molecule has 1 saturated heterocycles. The number of sulfonamides is 1. The van der Waals surface area contributed by atoms with Gasteiger partial charge in [0.05, 0.1) is 31.7 Å². The molecule has 2 aliphatic heterocycles. The van der Waals surface area contributed by atoms with E-state index in [1.807, 2.05) is 24.3 Å². The molecule has 1 aromatic heterocycles. The Morgan fingerprint density at radius 3 is 2.62 bits per heavy atom. The summed E-state index contributed by atoms with van der Waals surface area (Å²) < 4.78 is 40.7. The molecule has 0 amide bonds. The fraction of sp³-hybridized carbons (Fsp3) is 0.429. The molecule has 3 heterocycles. The predicted octanol–water partition coefficient (Wildman–Crippen LogP) is 4.00. The van der Waals surface area contributed by atoms with Crippen molar-refractivity contribution >= 4 is 44.7 Å².